The number of hydrogen-bond acceptors (Lipinski definition) is 3. The van der Waals surface area contributed by atoms with Crippen molar-refractivity contribution in [3.63, 3.8) is 0 Å². The third kappa shape index (κ3) is 4.75. The smallest absolute Gasteiger partial charge is 0.376 e. The third-order valence-electron chi connectivity index (χ3n) is 3.27. The summed E-state index contributed by atoms with van der Waals surface area (Å²) in [5.74, 6) is -12.0. The minimum Gasteiger partial charge on any atom is -0.376 e. The summed E-state index contributed by atoms with van der Waals surface area (Å²) in [5, 5.41) is 5.41. The molecule has 0 radical (unpaired) electrons. The molecule has 2 N–H and O–H groups in total. The van der Waals surface area contributed by atoms with Gasteiger partial charge < -0.3 is 5.32 Å². The van der Waals surface area contributed by atoms with Crippen LogP contribution in [0, 0.1) is 29.1 Å². The van der Waals surface area contributed by atoms with E-state index in [4.69, 9.17) is 0 Å². The molecule has 0 aliphatic heterocycles. The van der Waals surface area contributed by atoms with Crippen molar-refractivity contribution in [1.82, 2.24) is 5.43 Å². The number of carbonyl (C=O) groups is 1. The van der Waals surface area contributed by atoms with E-state index in [1.165, 1.54) is 6.07 Å². The molecule has 0 aromatic heterocycles. The summed E-state index contributed by atoms with van der Waals surface area (Å²) in [6, 6.07) is 3.91. The van der Waals surface area contributed by atoms with Crippen molar-refractivity contribution in [3.05, 3.63) is 64.5 Å². The van der Waals surface area contributed by atoms with E-state index in [-0.39, 0.29) is 11.9 Å². The van der Waals surface area contributed by atoms with Gasteiger partial charge in [0.15, 0.2) is 23.3 Å². The fourth-order valence-electron chi connectivity index (χ4n) is 1.93. The van der Waals surface area contributed by atoms with E-state index in [9.17, 15) is 39.9 Å². The van der Waals surface area contributed by atoms with Crippen LogP contribution in [-0.4, -0.2) is 18.7 Å². The lowest BCUT2D eigenvalue weighted by Gasteiger charge is -2.10. The van der Waals surface area contributed by atoms with E-state index in [0.717, 1.165) is 18.2 Å². The summed E-state index contributed by atoms with van der Waals surface area (Å²) < 4.78 is 103. The largest absolute Gasteiger partial charge is 0.416 e. The second-order valence-corrected chi connectivity index (χ2v) is 5.21. The number of rotatable bonds is 5. The van der Waals surface area contributed by atoms with Gasteiger partial charge in [0, 0.05) is 5.69 Å². The Balaban J connectivity index is 2.01. The van der Waals surface area contributed by atoms with Gasteiger partial charge in [0.25, 0.3) is 5.91 Å². The lowest BCUT2D eigenvalue weighted by Crippen LogP contribution is -2.26. The maximum absolute atomic E-state index is 13.4. The number of halogens is 8. The van der Waals surface area contributed by atoms with Crippen molar-refractivity contribution in [2.75, 3.05) is 11.9 Å². The average Bonchev–Trinajstić information content (AvgIpc) is 2.65. The zero-order valence-corrected chi connectivity index (χ0v) is 13.5. The minimum absolute atomic E-state index is 0.0475. The molecule has 2 aromatic carbocycles. The number of alkyl halides is 3. The van der Waals surface area contributed by atoms with Crippen LogP contribution in [0.1, 0.15) is 11.1 Å². The molecule has 0 unspecified atom stereocenters. The summed E-state index contributed by atoms with van der Waals surface area (Å²) in [4.78, 5) is 11.5. The number of amides is 1. The van der Waals surface area contributed by atoms with Gasteiger partial charge in [0.1, 0.15) is 0 Å². The first kappa shape index (κ1) is 21.1. The first-order valence-electron chi connectivity index (χ1n) is 7.26. The number of nitrogens with zero attached hydrogens (tertiary/aromatic N) is 1. The maximum atomic E-state index is 13.4. The Hall–Kier alpha value is -3.18. The molecular weight excluding hydrogens is 402 g/mol. The van der Waals surface area contributed by atoms with Crippen LogP contribution in [0.2, 0.25) is 0 Å². The first-order chi connectivity index (χ1) is 13.0. The predicted molar refractivity (Wildman–Crippen MR) is 81.9 cm³/mol. The van der Waals surface area contributed by atoms with Crippen LogP contribution in [0.25, 0.3) is 0 Å². The fraction of sp³-hybridized carbons (Fsp3) is 0.125. The second kappa shape index (κ2) is 8.23. The monoisotopic (exact) mass is 411 g/mol. The predicted octanol–water partition coefficient (Wildman–Crippen LogP) is 3.96. The third-order valence-corrected chi connectivity index (χ3v) is 3.27. The Labute approximate surface area is 151 Å². The second-order valence-electron chi connectivity index (χ2n) is 5.21. The Morgan fingerprint density at radius 2 is 1.54 bits per heavy atom. The molecule has 0 aliphatic carbocycles. The van der Waals surface area contributed by atoms with Gasteiger partial charge >= 0.3 is 6.18 Å². The minimum atomic E-state index is -4.59. The number of hydrazone groups is 1. The Morgan fingerprint density at radius 1 is 0.964 bits per heavy atom. The van der Waals surface area contributed by atoms with Gasteiger partial charge in [-0.2, -0.15) is 18.3 Å². The molecule has 4 nitrogen and oxygen atoms in total. The molecule has 1 amide bonds. The highest BCUT2D eigenvalue weighted by atomic mass is 19.4. The highest BCUT2D eigenvalue weighted by Gasteiger charge is 2.30. The molecule has 0 saturated carbocycles. The van der Waals surface area contributed by atoms with Crippen molar-refractivity contribution in [2.24, 2.45) is 5.10 Å². The standard InChI is InChI=1S/C16H9F8N3O/c17-11-9(12(18)14(20)15(21)13(11)19)5-26-27-10(28)6-25-8-3-1-2-7(4-8)16(22,23)24/h1-5,25H,6H2,(H,27,28). The molecule has 0 saturated heterocycles. The van der Waals surface area contributed by atoms with Gasteiger partial charge in [-0.1, -0.05) is 6.07 Å². The number of benzene rings is 2. The van der Waals surface area contributed by atoms with E-state index >= 15 is 0 Å². The fourth-order valence-corrected chi connectivity index (χ4v) is 1.93. The lowest BCUT2D eigenvalue weighted by atomic mass is 10.2. The molecule has 150 valence electrons. The van der Waals surface area contributed by atoms with Crippen molar-refractivity contribution in [2.45, 2.75) is 6.18 Å². The topological polar surface area (TPSA) is 53.5 Å². The summed E-state index contributed by atoms with van der Waals surface area (Å²) in [6.07, 6.45) is -4.38. The number of hydrogen-bond donors (Lipinski definition) is 2. The lowest BCUT2D eigenvalue weighted by molar-refractivity contribution is -0.137. The molecular formula is C16H9F8N3O. The number of anilines is 1. The van der Waals surface area contributed by atoms with Crippen LogP contribution in [-0.2, 0) is 11.0 Å². The van der Waals surface area contributed by atoms with E-state index in [1.54, 1.807) is 5.43 Å². The van der Waals surface area contributed by atoms with Gasteiger partial charge in [0.05, 0.1) is 23.9 Å². The van der Waals surface area contributed by atoms with Crippen LogP contribution < -0.4 is 10.7 Å². The average molecular weight is 411 g/mol. The first-order valence-corrected chi connectivity index (χ1v) is 7.26. The molecule has 0 aliphatic rings. The summed E-state index contributed by atoms with van der Waals surface area (Å²) in [6.45, 7) is -0.588. The molecule has 0 atom stereocenters. The van der Waals surface area contributed by atoms with Crippen LogP contribution in [0.15, 0.2) is 29.4 Å². The molecule has 28 heavy (non-hydrogen) atoms. The van der Waals surface area contributed by atoms with Gasteiger partial charge in [-0.15, -0.1) is 0 Å². The molecule has 0 heterocycles. The number of nitrogens with one attached hydrogen (secondary N) is 2. The van der Waals surface area contributed by atoms with Crippen molar-refractivity contribution in [1.29, 1.82) is 0 Å². The summed E-state index contributed by atoms with van der Waals surface area (Å²) in [7, 11) is 0. The molecule has 0 spiro atoms. The maximum Gasteiger partial charge on any atom is 0.416 e. The van der Waals surface area contributed by atoms with Gasteiger partial charge in [-0.25, -0.2) is 27.4 Å². The van der Waals surface area contributed by atoms with Crippen LogP contribution >= 0.6 is 0 Å². The zero-order valence-electron chi connectivity index (χ0n) is 13.5. The van der Waals surface area contributed by atoms with Crippen molar-refractivity contribution < 1.29 is 39.9 Å². The quantitative estimate of drug-likeness (QED) is 0.257. The molecule has 0 fully saturated rings. The van der Waals surface area contributed by atoms with Crippen LogP contribution in [0.3, 0.4) is 0 Å². The number of carbonyl (C=O) groups excluding carboxylic acids is 1. The highest BCUT2D eigenvalue weighted by molar-refractivity contribution is 5.84. The van der Waals surface area contributed by atoms with Gasteiger partial charge in [-0.3, -0.25) is 4.79 Å². The van der Waals surface area contributed by atoms with Crippen molar-refractivity contribution >= 4 is 17.8 Å². The van der Waals surface area contributed by atoms with Crippen LogP contribution in [0.5, 0.6) is 0 Å². The molecule has 2 rings (SSSR count). The Kier molecular flexibility index (Phi) is 6.21. The van der Waals surface area contributed by atoms with E-state index in [0.29, 0.717) is 0 Å². The normalized spacial score (nSPS) is 11.7. The Morgan fingerprint density at radius 3 is 2.11 bits per heavy atom. The SMILES string of the molecule is O=C(CNc1cccc(C(F)(F)F)c1)NN=Cc1c(F)c(F)c(F)c(F)c1F. The van der Waals surface area contributed by atoms with Crippen molar-refractivity contribution in [3.8, 4) is 0 Å². The van der Waals surface area contributed by atoms with E-state index in [1.807, 2.05) is 0 Å². The van der Waals surface area contributed by atoms with Crippen LogP contribution in [0.4, 0.5) is 40.8 Å². The Bertz CT molecular complexity index is 898. The zero-order chi connectivity index (χ0) is 21.1. The van der Waals surface area contributed by atoms with Gasteiger partial charge in [0.2, 0.25) is 5.82 Å². The molecule has 0 bridgehead atoms. The van der Waals surface area contributed by atoms with Gasteiger partial charge in [-0.05, 0) is 18.2 Å². The summed E-state index contributed by atoms with van der Waals surface area (Å²) in [5.41, 5.74) is -0.648. The highest BCUT2D eigenvalue weighted by Crippen LogP contribution is 2.30. The molecule has 2 aromatic rings. The molecule has 12 heteroatoms. The van der Waals surface area contributed by atoms with E-state index < -0.39 is 58.8 Å². The van der Waals surface area contributed by atoms with E-state index in [2.05, 4.69) is 10.4 Å². The summed E-state index contributed by atoms with van der Waals surface area (Å²) >= 11 is 0.